The number of thioether (sulfide) groups is 1. The first-order valence-electron chi connectivity index (χ1n) is 11.0. The Morgan fingerprint density at radius 1 is 1.09 bits per heavy atom. The topological polar surface area (TPSA) is 94.2 Å². The molecule has 3 fully saturated rings. The molecule has 2 N–H and O–H groups in total. The van der Waals surface area contributed by atoms with Gasteiger partial charge in [0.05, 0.1) is 36.5 Å². The van der Waals surface area contributed by atoms with Crippen LogP contribution in [0.5, 0.6) is 5.75 Å². The molecule has 32 heavy (non-hydrogen) atoms. The highest BCUT2D eigenvalue weighted by atomic mass is 32.2. The summed E-state index contributed by atoms with van der Waals surface area (Å²) in [5.41, 5.74) is 0.962. The summed E-state index contributed by atoms with van der Waals surface area (Å²) < 4.78 is 5.25. The van der Waals surface area contributed by atoms with E-state index in [-0.39, 0.29) is 29.4 Å². The first-order chi connectivity index (χ1) is 15.4. The van der Waals surface area contributed by atoms with Crippen LogP contribution in [0.3, 0.4) is 0 Å². The fourth-order valence-corrected chi connectivity index (χ4v) is 5.79. The number of amides is 4. The molecule has 4 amide bonds. The molecule has 4 atom stereocenters. The van der Waals surface area contributed by atoms with E-state index in [4.69, 9.17) is 4.74 Å². The number of fused-ring (bicyclic) bond motifs is 1. The first-order valence-corrected chi connectivity index (χ1v) is 12.1. The molecule has 4 unspecified atom stereocenters. The van der Waals surface area contributed by atoms with Crippen molar-refractivity contribution in [2.24, 2.45) is 5.92 Å². The van der Waals surface area contributed by atoms with Crippen molar-refractivity contribution < 1.29 is 19.1 Å². The van der Waals surface area contributed by atoms with Gasteiger partial charge in [-0.1, -0.05) is 12.1 Å². The number of piperidine rings is 1. The van der Waals surface area contributed by atoms with Gasteiger partial charge < -0.3 is 14.5 Å². The SMILES string of the molecule is COc1ccc(C2NC(SCC(=O)N3CCCCC3)C3C(=O)N(C)C(=O)N(C)C3N2)cc1. The van der Waals surface area contributed by atoms with Gasteiger partial charge in [0.1, 0.15) is 5.75 Å². The van der Waals surface area contributed by atoms with E-state index < -0.39 is 12.1 Å². The molecule has 4 rings (SSSR count). The van der Waals surface area contributed by atoms with Gasteiger partial charge in [0, 0.05) is 27.2 Å². The first kappa shape index (κ1) is 22.9. The van der Waals surface area contributed by atoms with Crippen LogP contribution in [0.15, 0.2) is 24.3 Å². The third kappa shape index (κ3) is 4.44. The molecule has 3 saturated heterocycles. The predicted molar refractivity (Wildman–Crippen MR) is 122 cm³/mol. The summed E-state index contributed by atoms with van der Waals surface area (Å²) in [4.78, 5) is 43.1. The minimum atomic E-state index is -0.503. The van der Waals surface area contributed by atoms with Gasteiger partial charge >= 0.3 is 6.03 Å². The summed E-state index contributed by atoms with van der Waals surface area (Å²) in [6.45, 7) is 1.61. The van der Waals surface area contributed by atoms with Crippen molar-refractivity contribution in [2.75, 3.05) is 40.0 Å². The molecule has 174 valence electrons. The highest BCUT2D eigenvalue weighted by Gasteiger charge is 2.51. The molecule has 9 nitrogen and oxygen atoms in total. The molecule has 3 aliphatic heterocycles. The number of nitrogens with zero attached hydrogens (tertiary/aromatic N) is 3. The number of methoxy groups -OCH3 is 1. The third-order valence-electron chi connectivity index (χ3n) is 6.50. The molecule has 0 aromatic heterocycles. The van der Waals surface area contributed by atoms with Crippen molar-refractivity contribution in [2.45, 2.75) is 37.0 Å². The van der Waals surface area contributed by atoms with E-state index >= 15 is 0 Å². The Balaban J connectivity index is 1.54. The molecular formula is C22H31N5O4S. The second kappa shape index (κ2) is 9.68. The molecule has 3 heterocycles. The Labute approximate surface area is 192 Å². The Morgan fingerprint density at radius 3 is 2.44 bits per heavy atom. The van der Waals surface area contributed by atoms with Crippen molar-refractivity contribution in [3.63, 3.8) is 0 Å². The normalized spacial score (nSPS) is 28.5. The van der Waals surface area contributed by atoms with Gasteiger partial charge in [-0.05, 0) is 37.0 Å². The quantitative estimate of drug-likeness (QED) is 0.685. The van der Waals surface area contributed by atoms with Crippen LogP contribution in [0.1, 0.15) is 31.0 Å². The number of benzene rings is 1. The van der Waals surface area contributed by atoms with E-state index in [0.29, 0.717) is 5.75 Å². The minimum absolute atomic E-state index is 0.105. The number of hydrogen-bond acceptors (Lipinski definition) is 7. The predicted octanol–water partition coefficient (Wildman–Crippen LogP) is 1.42. The van der Waals surface area contributed by atoms with Gasteiger partial charge in [-0.15, -0.1) is 11.8 Å². The molecular weight excluding hydrogens is 430 g/mol. The van der Waals surface area contributed by atoms with Crippen LogP contribution in [0.25, 0.3) is 0 Å². The van der Waals surface area contributed by atoms with Gasteiger partial charge in [0.15, 0.2) is 0 Å². The smallest absolute Gasteiger partial charge is 0.327 e. The molecule has 0 bridgehead atoms. The molecule has 1 aromatic carbocycles. The number of carbonyl (C=O) groups is 3. The van der Waals surface area contributed by atoms with Crippen LogP contribution in [0, 0.1) is 5.92 Å². The number of ether oxygens (including phenoxy) is 1. The molecule has 0 radical (unpaired) electrons. The zero-order valence-electron chi connectivity index (χ0n) is 18.7. The zero-order chi connectivity index (χ0) is 22.8. The van der Waals surface area contributed by atoms with E-state index in [1.165, 1.54) is 25.2 Å². The molecule has 0 saturated carbocycles. The zero-order valence-corrected chi connectivity index (χ0v) is 19.6. The number of imide groups is 1. The van der Waals surface area contributed by atoms with Crippen molar-refractivity contribution in [3.8, 4) is 5.75 Å². The van der Waals surface area contributed by atoms with E-state index in [1.54, 1.807) is 19.1 Å². The van der Waals surface area contributed by atoms with E-state index in [9.17, 15) is 14.4 Å². The molecule has 10 heteroatoms. The second-order valence-corrected chi connectivity index (χ2v) is 9.60. The maximum atomic E-state index is 13.1. The van der Waals surface area contributed by atoms with Crippen LogP contribution >= 0.6 is 11.8 Å². The maximum Gasteiger partial charge on any atom is 0.327 e. The van der Waals surface area contributed by atoms with Crippen LogP contribution in [-0.4, -0.2) is 84.1 Å². The highest BCUT2D eigenvalue weighted by molar-refractivity contribution is 8.00. The Morgan fingerprint density at radius 2 is 1.78 bits per heavy atom. The lowest BCUT2D eigenvalue weighted by Crippen LogP contribution is -2.72. The summed E-state index contributed by atoms with van der Waals surface area (Å²) >= 11 is 1.45. The second-order valence-electron chi connectivity index (χ2n) is 8.47. The lowest BCUT2D eigenvalue weighted by atomic mass is 9.96. The van der Waals surface area contributed by atoms with Gasteiger partial charge in [-0.3, -0.25) is 25.1 Å². The molecule has 0 spiro atoms. The van der Waals surface area contributed by atoms with Crippen molar-refractivity contribution >= 4 is 29.6 Å². The summed E-state index contributed by atoms with van der Waals surface area (Å²) in [6.07, 6.45) is 2.50. The Kier molecular flexibility index (Phi) is 6.92. The number of urea groups is 1. The average Bonchev–Trinajstić information content (AvgIpc) is 2.84. The number of rotatable bonds is 5. The van der Waals surface area contributed by atoms with Crippen molar-refractivity contribution in [3.05, 3.63) is 29.8 Å². The average molecular weight is 462 g/mol. The summed E-state index contributed by atoms with van der Waals surface area (Å²) in [5, 5.41) is 6.60. The third-order valence-corrected chi connectivity index (χ3v) is 7.70. The highest BCUT2D eigenvalue weighted by Crippen LogP contribution is 2.34. The monoisotopic (exact) mass is 461 g/mol. The summed E-state index contributed by atoms with van der Waals surface area (Å²) in [6, 6.07) is 7.31. The van der Waals surface area contributed by atoms with Gasteiger partial charge in [0.25, 0.3) is 0 Å². The molecule has 0 aliphatic carbocycles. The molecule has 3 aliphatic rings. The van der Waals surface area contributed by atoms with Crippen molar-refractivity contribution in [1.82, 2.24) is 25.3 Å². The fourth-order valence-electron chi connectivity index (χ4n) is 4.58. The standard InChI is InChI=1S/C22H31N5O4S/c1-25-19-17(21(29)26(2)22(25)30)20(32-13-16(28)27-11-5-4-6-12-27)24-18(23-19)14-7-9-15(31-3)10-8-14/h7-10,17-20,23-24H,4-6,11-13H2,1-3H3. The fraction of sp³-hybridized carbons (Fsp3) is 0.591. The summed E-state index contributed by atoms with van der Waals surface area (Å²) in [5.74, 6) is 0.409. The van der Waals surface area contributed by atoms with Gasteiger partial charge in [-0.2, -0.15) is 0 Å². The van der Waals surface area contributed by atoms with Crippen LogP contribution in [0.2, 0.25) is 0 Å². The van der Waals surface area contributed by atoms with Gasteiger partial charge in [-0.25, -0.2) is 4.79 Å². The lowest BCUT2D eigenvalue weighted by Gasteiger charge is -2.50. The minimum Gasteiger partial charge on any atom is -0.497 e. The van der Waals surface area contributed by atoms with Crippen LogP contribution in [-0.2, 0) is 9.59 Å². The maximum absolute atomic E-state index is 13.1. The number of hydrogen-bond donors (Lipinski definition) is 2. The van der Waals surface area contributed by atoms with Crippen molar-refractivity contribution in [1.29, 1.82) is 0 Å². The Bertz CT molecular complexity index is 860. The lowest BCUT2D eigenvalue weighted by molar-refractivity contribution is -0.140. The van der Waals surface area contributed by atoms with E-state index in [1.807, 2.05) is 29.2 Å². The largest absolute Gasteiger partial charge is 0.497 e. The summed E-state index contributed by atoms with van der Waals surface area (Å²) in [7, 11) is 4.83. The number of nitrogens with one attached hydrogen (secondary N) is 2. The van der Waals surface area contributed by atoms with E-state index in [2.05, 4.69) is 10.6 Å². The number of carbonyl (C=O) groups excluding carboxylic acids is 3. The van der Waals surface area contributed by atoms with E-state index in [0.717, 1.165) is 42.1 Å². The number of likely N-dealkylation sites (tertiary alicyclic amines) is 1. The van der Waals surface area contributed by atoms with Crippen LogP contribution < -0.4 is 15.4 Å². The Hall–Kier alpha value is -2.30. The molecule has 1 aromatic rings. The van der Waals surface area contributed by atoms with Gasteiger partial charge in [0.2, 0.25) is 11.8 Å². The van der Waals surface area contributed by atoms with Crippen LogP contribution in [0.4, 0.5) is 4.79 Å².